The fraction of sp³-hybridized carbons (Fsp3) is 0.714. The van der Waals surface area contributed by atoms with Crippen molar-refractivity contribution in [2.45, 2.75) is 39.2 Å². The van der Waals surface area contributed by atoms with Gasteiger partial charge in [-0.1, -0.05) is 0 Å². The maximum absolute atomic E-state index is 5.87. The second-order valence-electron chi connectivity index (χ2n) is 5.60. The van der Waals surface area contributed by atoms with Crippen LogP contribution in [0, 0.1) is 5.92 Å². The minimum absolute atomic E-state index is 0.413. The molecule has 19 heavy (non-hydrogen) atoms. The molecule has 2 N–H and O–H groups in total. The molecule has 0 radical (unpaired) electrons. The Balaban J connectivity index is 1.98. The highest BCUT2D eigenvalue weighted by Crippen LogP contribution is 2.23. The molecule has 5 nitrogen and oxygen atoms in total. The van der Waals surface area contributed by atoms with Gasteiger partial charge in [0.25, 0.3) is 5.88 Å². The summed E-state index contributed by atoms with van der Waals surface area (Å²) in [5.41, 5.74) is 7.41. The summed E-state index contributed by atoms with van der Waals surface area (Å²) in [5, 5.41) is 8.21. The minimum Gasteiger partial charge on any atom is -0.478 e. The fourth-order valence-corrected chi connectivity index (χ4v) is 2.72. The molecule has 0 saturated carbocycles. The van der Waals surface area contributed by atoms with E-state index in [1.807, 2.05) is 6.07 Å². The molecule has 0 bridgehead atoms. The topological polar surface area (TPSA) is 64.3 Å². The molecule has 1 atom stereocenters. The largest absolute Gasteiger partial charge is 0.478 e. The van der Waals surface area contributed by atoms with Crippen molar-refractivity contribution in [2.24, 2.45) is 5.92 Å². The van der Waals surface area contributed by atoms with E-state index in [4.69, 9.17) is 10.5 Å². The van der Waals surface area contributed by atoms with Crippen molar-refractivity contribution < 1.29 is 4.74 Å². The average Bonchev–Trinajstić information content (AvgIpc) is 2.39. The molecule has 106 valence electrons. The molecule has 5 heteroatoms. The van der Waals surface area contributed by atoms with Crippen LogP contribution in [0.4, 0.5) is 5.69 Å². The Morgan fingerprint density at radius 1 is 1.47 bits per heavy atom. The Kier molecular flexibility index (Phi) is 4.58. The summed E-state index contributed by atoms with van der Waals surface area (Å²) >= 11 is 0. The molecule has 1 unspecified atom stereocenters. The van der Waals surface area contributed by atoms with Gasteiger partial charge >= 0.3 is 0 Å². The summed E-state index contributed by atoms with van der Waals surface area (Å²) in [4.78, 5) is 2.54. The highest BCUT2D eigenvalue weighted by molar-refractivity contribution is 5.47. The van der Waals surface area contributed by atoms with Gasteiger partial charge in [-0.2, -0.15) is 5.10 Å². The predicted molar refractivity (Wildman–Crippen MR) is 76.1 cm³/mol. The lowest BCUT2D eigenvalue weighted by Gasteiger charge is -2.35. The number of hydrogen-bond donors (Lipinski definition) is 1. The van der Waals surface area contributed by atoms with E-state index in [1.54, 1.807) is 7.11 Å². The van der Waals surface area contributed by atoms with Crippen molar-refractivity contribution in [3.63, 3.8) is 0 Å². The van der Waals surface area contributed by atoms with Gasteiger partial charge in [-0.05, 0) is 51.6 Å². The summed E-state index contributed by atoms with van der Waals surface area (Å²) in [6, 6.07) is 2.51. The first kappa shape index (κ1) is 14.1. The van der Waals surface area contributed by atoms with Gasteiger partial charge in [0, 0.05) is 12.6 Å². The quantitative estimate of drug-likeness (QED) is 0.897. The van der Waals surface area contributed by atoms with E-state index in [0.29, 0.717) is 23.5 Å². The number of likely N-dealkylation sites (tertiary alicyclic amines) is 1. The highest BCUT2D eigenvalue weighted by atomic mass is 16.5. The van der Waals surface area contributed by atoms with Gasteiger partial charge in [-0.15, -0.1) is 5.10 Å². The molecule has 1 aromatic rings. The molecule has 1 aliphatic rings. The molecule has 1 aliphatic heterocycles. The van der Waals surface area contributed by atoms with Crippen molar-refractivity contribution in [1.82, 2.24) is 15.1 Å². The van der Waals surface area contributed by atoms with Crippen LogP contribution in [0.2, 0.25) is 0 Å². The number of methoxy groups -OCH3 is 1. The molecule has 0 aromatic carbocycles. The van der Waals surface area contributed by atoms with E-state index in [1.165, 1.54) is 19.4 Å². The minimum atomic E-state index is 0.413. The van der Waals surface area contributed by atoms with Gasteiger partial charge in [-0.25, -0.2) is 0 Å². The fourth-order valence-electron chi connectivity index (χ4n) is 2.72. The van der Waals surface area contributed by atoms with Gasteiger partial charge in [0.2, 0.25) is 0 Å². The van der Waals surface area contributed by atoms with Gasteiger partial charge in [0.05, 0.1) is 18.5 Å². The van der Waals surface area contributed by atoms with E-state index in [-0.39, 0.29) is 0 Å². The first-order valence-corrected chi connectivity index (χ1v) is 7.00. The lowest BCUT2D eigenvalue weighted by Crippen LogP contribution is -2.40. The van der Waals surface area contributed by atoms with Crippen molar-refractivity contribution in [2.75, 3.05) is 25.9 Å². The van der Waals surface area contributed by atoms with Gasteiger partial charge in [-0.3, -0.25) is 0 Å². The predicted octanol–water partition coefficient (Wildman–Crippen LogP) is 1.73. The molecule has 1 fully saturated rings. The third kappa shape index (κ3) is 3.56. The SMILES string of the molecule is COc1nnc(CC2CCCN(C(C)C)C2)cc1N. The first-order chi connectivity index (χ1) is 9.10. The third-order valence-electron chi connectivity index (χ3n) is 3.81. The number of ether oxygens (including phenoxy) is 1. The standard InChI is InChI=1S/C14H24N4O/c1-10(2)18-6-4-5-11(9-18)7-12-8-13(15)14(19-3)17-16-12/h8,10-11H,4-7,9H2,1-3H3,(H2,15,16). The average molecular weight is 264 g/mol. The number of nitrogen functional groups attached to an aromatic ring is 1. The Bertz CT molecular complexity index is 422. The van der Waals surface area contributed by atoms with Crippen molar-refractivity contribution in [3.8, 4) is 5.88 Å². The van der Waals surface area contributed by atoms with Crippen molar-refractivity contribution in [3.05, 3.63) is 11.8 Å². The Morgan fingerprint density at radius 3 is 2.89 bits per heavy atom. The van der Waals surface area contributed by atoms with Crippen LogP contribution in [-0.2, 0) is 6.42 Å². The van der Waals surface area contributed by atoms with Crippen LogP contribution in [-0.4, -0.2) is 41.3 Å². The highest BCUT2D eigenvalue weighted by Gasteiger charge is 2.22. The van der Waals surface area contributed by atoms with Crippen LogP contribution in [0.25, 0.3) is 0 Å². The van der Waals surface area contributed by atoms with Gasteiger partial charge in [0.1, 0.15) is 0 Å². The number of aromatic nitrogens is 2. The first-order valence-electron chi connectivity index (χ1n) is 7.00. The molecular formula is C14H24N4O. The molecule has 0 amide bonds. The van der Waals surface area contributed by atoms with E-state index in [9.17, 15) is 0 Å². The molecule has 1 saturated heterocycles. The van der Waals surface area contributed by atoms with Crippen LogP contribution in [0.15, 0.2) is 6.07 Å². The zero-order valence-electron chi connectivity index (χ0n) is 12.1. The zero-order valence-corrected chi connectivity index (χ0v) is 12.1. The van der Waals surface area contributed by atoms with Crippen LogP contribution >= 0.6 is 0 Å². The number of nitrogens with zero attached hydrogens (tertiary/aromatic N) is 3. The number of hydrogen-bond acceptors (Lipinski definition) is 5. The monoisotopic (exact) mass is 264 g/mol. The summed E-state index contributed by atoms with van der Waals surface area (Å²) < 4.78 is 5.03. The van der Waals surface area contributed by atoms with Crippen molar-refractivity contribution >= 4 is 5.69 Å². The van der Waals surface area contributed by atoms with Crippen LogP contribution in [0.1, 0.15) is 32.4 Å². The summed E-state index contributed by atoms with van der Waals surface area (Å²) in [7, 11) is 1.56. The zero-order chi connectivity index (χ0) is 13.8. The molecule has 2 rings (SSSR count). The van der Waals surface area contributed by atoms with E-state index in [2.05, 4.69) is 28.9 Å². The summed E-state index contributed by atoms with van der Waals surface area (Å²) in [5.74, 6) is 1.06. The number of piperidine rings is 1. The Morgan fingerprint density at radius 2 is 2.26 bits per heavy atom. The van der Waals surface area contributed by atoms with Crippen LogP contribution < -0.4 is 10.5 Å². The molecule has 1 aromatic heterocycles. The van der Waals surface area contributed by atoms with Crippen molar-refractivity contribution in [1.29, 1.82) is 0 Å². The third-order valence-corrected chi connectivity index (χ3v) is 3.81. The number of rotatable bonds is 4. The maximum Gasteiger partial charge on any atom is 0.256 e. The van der Waals surface area contributed by atoms with Crippen LogP contribution in [0.3, 0.4) is 0 Å². The molecule has 0 spiro atoms. The summed E-state index contributed by atoms with van der Waals surface area (Å²) in [6.07, 6.45) is 3.48. The second kappa shape index (κ2) is 6.19. The van der Waals surface area contributed by atoms with E-state index < -0.39 is 0 Å². The lowest BCUT2D eigenvalue weighted by molar-refractivity contribution is 0.139. The normalized spacial score (nSPS) is 20.7. The number of anilines is 1. The Labute approximate surface area is 115 Å². The van der Waals surface area contributed by atoms with Crippen LogP contribution in [0.5, 0.6) is 5.88 Å². The number of nitrogens with two attached hydrogens (primary N) is 1. The molecule has 2 heterocycles. The van der Waals surface area contributed by atoms with E-state index in [0.717, 1.165) is 18.7 Å². The van der Waals surface area contributed by atoms with Gasteiger partial charge in [0.15, 0.2) is 0 Å². The molecule has 0 aliphatic carbocycles. The van der Waals surface area contributed by atoms with E-state index >= 15 is 0 Å². The summed E-state index contributed by atoms with van der Waals surface area (Å²) in [6.45, 7) is 6.87. The van der Waals surface area contributed by atoms with Gasteiger partial charge < -0.3 is 15.4 Å². The lowest BCUT2D eigenvalue weighted by atomic mass is 9.92. The Hall–Kier alpha value is -1.36. The maximum atomic E-state index is 5.87. The molecular weight excluding hydrogens is 240 g/mol. The smallest absolute Gasteiger partial charge is 0.256 e. The second-order valence-corrected chi connectivity index (χ2v) is 5.60.